The van der Waals surface area contributed by atoms with Crippen molar-refractivity contribution in [2.45, 2.75) is 13.8 Å². The van der Waals surface area contributed by atoms with Crippen molar-refractivity contribution < 1.29 is 18.3 Å². The summed E-state index contributed by atoms with van der Waals surface area (Å²) in [6.45, 7) is 3.02. The molecule has 2 aromatic carbocycles. The van der Waals surface area contributed by atoms with Gasteiger partial charge in [0.2, 0.25) is 0 Å². The SMILES string of the molecule is CC(=O)c1c(F)cccc1Oc1cc(C)ccc1F. The summed E-state index contributed by atoms with van der Waals surface area (Å²) in [5.74, 6) is -1.74. The maximum Gasteiger partial charge on any atom is 0.166 e. The van der Waals surface area contributed by atoms with Gasteiger partial charge in [-0.25, -0.2) is 8.78 Å². The van der Waals surface area contributed by atoms with E-state index in [4.69, 9.17) is 4.74 Å². The molecule has 0 aliphatic rings. The zero-order valence-electron chi connectivity index (χ0n) is 10.5. The highest BCUT2D eigenvalue weighted by Crippen LogP contribution is 2.29. The number of benzene rings is 2. The van der Waals surface area contributed by atoms with E-state index in [-0.39, 0.29) is 17.1 Å². The lowest BCUT2D eigenvalue weighted by Gasteiger charge is -2.11. The first kappa shape index (κ1) is 13.2. The van der Waals surface area contributed by atoms with Gasteiger partial charge in [0.25, 0.3) is 0 Å². The Morgan fingerprint density at radius 3 is 2.47 bits per heavy atom. The Balaban J connectivity index is 2.46. The van der Waals surface area contributed by atoms with Gasteiger partial charge in [-0.05, 0) is 43.7 Å². The number of Topliss-reactive ketones (excluding diaryl/α,β-unsaturated/α-hetero) is 1. The van der Waals surface area contributed by atoms with Gasteiger partial charge in [-0.2, -0.15) is 0 Å². The number of halogens is 2. The lowest BCUT2D eigenvalue weighted by Crippen LogP contribution is -2.01. The lowest BCUT2D eigenvalue weighted by molar-refractivity contribution is 0.101. The second-order valence-corrected chi connectivity index (χ2v) is 4.21. The highest BCUT2D eigenvalue weighted by Gasteiger charge is 2.16. The topological polar surface area (TPSA) is 26.3 Å². The lowest BCUT2D eigenvalue weighted by atomic mass is 10.1. The van der Waals surface area contributed by atoms with E-state index in [1.807, 2.05) is 0 Å². The highest BCUT2D eigenvalue weighted by molar-refractivity contribution is 5.97. The molecule has 0 aliphatic carbocycles. The van der Waals surface area contributed by atoms with Crippen molar-refractivity contribution in [1.29, 1.82) is 0 Å². The second-order valence-electron chi connectivity index (χ2n) is 4.21. The van der Waals surface area contributed by atoms with Gasteiger partial charge >= 0.3 is 0 Å². The zero-order valence-corrected chi connectivity index (χ0v) is 10.5. The molecular formula is C15H12F2O2. The number of hydrogen-bond acceptors (Lipinski definition) is 2. The van der Waals surface area contributed by atoms with Crippen molar-refractivity contribution in [1.82, 2.24) is 0 Å². The maximum absolute atomic E-state index is 13.6. The van der Waals surface area contributed by atoms with Crippen LogP contribution in [0.15, 0.2) is 36.4 Å². The number of ether oxygens (including phenoxy) is 1. The molecule has 0 fully saturated rings. The van der Waals surface area contributed by atoms with Crippen molar-refractivity contribution in [3.05, 3.63) is 59.2 Å². The average Bonchev–Trinajstić information content (AvgIpc) is 2.33. The predicted octanol–water partition coefficient (Wildman–Crippen LogP) is 4.27. The molecule has 0 saturated carbocycles. The number of carbonyl (C=O) groups excluding carboxylic acids is 1. The van der Waals surface area contributed by atoms with Gasteiger partial charge in [-0.15, -0.1) is 0 Å². The Morgan fingerprint density at radius 1 is 1.05 bits per heavy atom. The van der Waals surface area contributed by atoms with Crippen molar-refractivity contribution in [2.24, 2.45) is 0 Å². The standard InChI is InChI=1S/C15H12F2O2/c1-9-6-7-11(16)14(8-9)19-13-5-3-4-12(17)15(13)10(2)18/h3-8H,1-2H3. The van der Waals surface area contributed by atoms with Crippen LogP contribution in [-0.4, -0.2) is 5.78 Å². The minimum absolute atomic E-state index is 0.0111. The van der Waals surface area contributed by atoms with Crippen LogP contribution in [0.4, 0.5) is 8.78 Å². The van der Waals surface area contributed by atoms with Crippen LogP contribution in [0.3, 0.4) is 0 Å². The number of carbonyl (C=O) groups is 1. The number of aryl methyl sites for hydroxylation is 1. The van der Waals surface area contributed by atoms with Crippen LogP contribution in [0.5, 0.6) is 11.5 Å². The fourth-order valence-corrected chi connectivity index (χ4v) is 1.74. The first-order valence-electron chi connectivity index (χ1n) is 5.72. The molecule has 0 heterocycles. The smallest absolute Gasteiger partial charge is 0.166 e. The van der Waals surface area contributed by atoms with E-state index in [9.17, 15) is 13.6 Å². The molecule has 0 atom stereocenters. The van der Waals surface area contributed by atoms with E-state index in [2.05, 4.69) is 0 Å². The Labute approximate surface area is 109 Å². The quantitative estimate of drug-likeness (QED) is 0.772. The third kappa shape index (κ3) is 2.78. The van der Waals surface area contributed by atoms with Crippen LogP contribution in [0.25, 0.3) is 0 Å². The van der Waals surface area contributed by atoms with Gasteiger partial charge in [0.15, 0.2) is 17.3 Å². The van der Waals surface area contributed by atoms with E-state index < -0.39 is 17.4 Å². The molecule has 0 spiro atoms. The minimum Gasteiger partial charge on any atom is -0.453 e. The molecule has 4 heteroatoms. The third-order valence-electron chi connectivity index (χ3n) is 2.63. The summed E-state index contributed by atoms with van der Waals surface area (Å²) in [6, 6.07) is 8.35. The van der Waals surface area contributed by atoms with Crippen LogP contribution in [0.2, 0.25) is 0 Å². The largest absolute Gasteiger partial charge is 0.453 e. The van der Waals surface area contributed by atoms with Gasteiger partial charge < -0.3 is 4.74 Å². The summed E-state index contributed by atoms with van der Waals surface area (Å²) in [4.78, 5) is 11.4. The molecule has 2 rings (SSSR count). The molecule has 19 heavy (non-hydrogen) atoms. The van der Waals surface area contributed by atoms with Crippen LogP contribution in [-0.2, 0) is 0 Å². The van der Waals surface area contributed by atoms with E-state index in [0.29, 0.717) is 0 Å². The molecule has 0 aromatic heterocycles. The minimum atomic E-state index is -0.682. The third-order valence-corrected chi connectivity index (χ3v) is 2.63. The van der Waals surface area contributed by atoms with Gasteiger partial charge in [-0.1, -0.05) is 12.1 Å². The molecular weight excluding hydrogens is 250 g/mol. The van der Waals surface area contributed by atoms with Crippen molar-refractivity contribution in [2.75, 3.05) is 0 Å². The number of ketones is 1. The Kier molecular flexibility index (Phi) is 3.60. The molecule has 0 amide bonds. The highest BCUT2D eigenvalue weighted by atomic mass is 19.1. The van der Waals surface area contributed by atoms with Crippen LogP contribution < -0.4 is 4.74 Å². The van der Waals surface area contributed by atoms with Crippen molar-refractivity contribution >= 4 is 5.78 Å². The summed E-state index contributed by atoms with van der Waals surface area (Å²) in [7, 11) is 0. The molecule has 0 unspecified atom stereocenters. The van der Waals surface area contributed by atoms with E-state index in [1.54, 1.807) is 13.0 Å². The first-order chi connectivity index (χ1) is 8.99. The molecule has 0 aliphatic heterocycles. The van der Waals surface area contributed by atoms with Crippen molar-refractivity contribution in [3.63, 3.8) is 0 Å². The molecule has 0 N–H and O–H groups in total. The molecule has 2 nitrogen and oxygen atoms in total. The fraction of sp³-hybridized carbons (Fsp3) is 0.133. The molecule has 0 saturated heterocycles. The first-order valence-corrected chi connectivity index (χ1v) is 5.72. The summed E-state index contributed by atoms with van der Waals surface area (Å²) in [6.07, 6.45) is 0. The summed E-state index contributed by atoms with van der Waals surface area (Å²) < 4.78 is 32.5. The monoisotopic (exact) mass is 262 g/mol. The van der Waals surface area contributed by atoms with E-state index >= 15 is 0 Å². The summed E-state index contributed by atoms with van der Waals surface area (Å²) in [5, 5.41) is 0. The maximum atomic E-state index is 13.6. The van der Waals surface area contributed by atoms with Gasteiger partial charge in [0, 0.05) is 0 Å². The van der Waals surface area contributed by atoms with Gasteiger partial charge in [-0.3, -0.25) is 4.79 Å². The number of rotatable bonds is 3. The molecule has 2 aromatic rings. The normalized spacial score (nSPS) is 10.3. The Hall–Kier alpha value is -2.23. The van der Waals surface area contributed by atoms with Crippen LogP contribution in [0, 0.1) is 18.6 Å². The summed E-state index contributed by atoms with van der Waals surface area (Å²) in [5.41, 5.74) is 0.626. The van der Waals surface area contributed by atoms with E-state index in [0.717, 1.165) is 11.6 Å². The average molecular weight is 262 g/mol. The molecule has 0 radical (unpaired) electrons. The van der Waals surface area contributed by atoms with E-state index in [1.165, 1.54) is 31.2 Å². The Morgan fingerprint density at radius 2 is 1.79 bits per heavy atom. The van der Waals surface area contributed by atoms with Crippen LogP contribution in [0.1, 0.15) is 22.8 Å². The molecule has 0 bridgehead atoms. The van der Waals surface area contributed by atoms with Gasteiger partial charge in [0.05, 0.1) is 5.56 Å². The second kappa shape index (κ2) is 5.18. The molecule has 98 valence electrons. The van der Waals surface area contributed by atoms with Crippen LogP contribution >= 0.6 is 0 Å². The predicted molar refractivity (Wildman–Crippen MR) is 67.6 cm³/mol. The zero-order chi connectivity index (χ0) is 14.0. The Bertz CT molecular complexity index is 636. The summed E-state index contributed by atoms with van der Waals surface area (Å²) >= 11 is 0. The van der Waals surface area contributed by atoms with Gasteiger partial charge in [0.1, 0.15) is 11.6 Å². The number of hydrogen-bond donors (Lipinski definition) is 0. The fourth-order valence-electron chi connectivity index (χ4n) is 1.74. The van der Waals surface area contributed by atoms with Crippen molar-refractivity contribution in [3.8, 4) is 11.5 Å².